The van der Waals surface area contributed by atoms with E-state index in [4.69, 9.17) is 4.74 Å². The predicted molar refractivity (Wildman–Crippen MR) is 67.1 cm³/mol. The minimum atomic E-state index is -1.87. The highest BCUT2D eigenvalue weighted by atomic mass is 19.1. The third-order valence-electron chi connectivity index (χ3n) is 3.32. The highest BCUT2D eigenvalue weighted by Gasteiger charge is 2.48. The van der Waals surface area contributed by atoms with Crippen LogP contribution in [0.15, 0.2) is 21.9 Å². The maximum atomic E-state index is 14.1. The molecule has 0 unspecified atom stereocenters. The van der Waals surface area contributed by atoms with Crippen molar-refractivity contribution in [1.29, 1.82) is 0 Å². The second kappa shape index (κ2) is 5.86. The maximum absolute atomic E-state index is 14.1. The third-order valence-corrected chi connectivity index (χ3v) is 3.32. The Balaban J connectivity index is 2.26. The van der Waals surface area contributed by atoms with Crippen LogP contribution in [0.5, 0.6) is 0 Å². The first-order chi connectivity index (χ1) is 9.45. The van der Waals surface area contributed by atoms with Crippen LogP contribution in [0.2, 0.25) is 0 Å². The normalized spacial score (nSPS) is 31.4. The molecule has 0 radical (unpaired) electrons. The lowest BCUT2D eigenvalue weighted by Gasteiger charge is -2.20. The quantitative estimate of drug-likeness (QED) is 0.679. The van der Waals surface area contributed by atoms with Gasteiger partial charge in [-0.3, -0.25) is 14.3 Å². The smallest absolute Gasteiger partial charge is 0.330 e. The van der Waals surface area contributed by atoms with Crippen LogP contribution in [0.1, 0.15) is 26.0 Å². The van der Waals surface area contributed by atoms with Gasteiger partial charge in [-0.05, 0) is 6.42 Å². The van der Waals surface area contributed by atoms with Gasteiger partial charge in [0.25, 0.3) is 5.56 Å². The van der Waals surface area contributed by atoms with Crippen LogP contribution in [0.4, 0.5) is 4.39 Å². The van der Waals surface area contributed by atoms with Gasteiger partial charge < -0.3 is 14.9 Å². The largest absolute Gasteiger partial charge is 0.390 e. The zero-order valence-electron chi connectivity index (χ0n) is 10.9. The van der Waals surface area contributed by atoms with Crippen molar-refractivity contribution in [3.63, 3.8) is 0 Å². The maximum Gasteiger partial charge on any atom is 0.330 e. The van der Waals surface area contributed by atoms with Gasteiger partial charge >= 0.3 is 5.69 Å². The van der Waals surface area contributed by atoms with Crippen LogP contribution in [-0.2, 0) is 4.74 Å². The Hall–Kier alpha value is -1.51. The highest BCUT2D eigenvalue weighted by molar-refractivity contribution is 4.95. The number of halogens is 1. The lowest BCUT2D eigenvalue weighted by Crippen LogP contribution is -2.37. The number of hydrogen-bond acceptors (Lipinski definition) is 5. The summed E-state index contributed by atoms with van der Waals surface area (Å²) in [6, 6.07) is 1.06. The van der Waals surface area contributed by atoms with E-state index in [0.29, 0.717) is 12.8 Å². The van der Waals surface area contributed by atoms with E-state index < -0.39 is 42.0 Å². The van der Waals surface area contributed by atoms with Crippen molar-refractivity contribution in [2.45, 2.75) is 50.5 Å². The number of aliphatic hydroxyl groups is 2. The molecule has 20 heavy (non-hydrogen) atoms. The second-order valence-corrected chi connectivity index (χ2v) is 4.80. The molecule has 112 valence electrons. The Labute approximate surface area is 113 Å². The number of nitrogens with zero attached hydrogens (tertiary/aromatic N) is 1. The fourth-order valence-corrected chi connectivity index (χ4v) is 2.29. The Bertz CT molecular complexity index is 571. The second-order valence-electron chi connectivity index (χ2n) is 4.80. The average Bonchev–Trinajstić information content (AvgIpc) is 2.67. The zero-order chi connectivity index (χ0) is 14.9. The summed E-state index contributed by atoms with van der Waals surface area (Å²) in [4.78, 5) is 24.5. The number of H-pyrrole nitrogens is 1. The van der Waals surface area contributed by atoms with Crippen molar-refractivity contribution >= 4 is 0 Å². The van der Waals surface area contributed by atoms with Crippen LogP contribution in [-0.4, -0.2) is 44.2 Å². The molecule has 0 aliphatic carbocycles. The molecule has 0 aromatic carbocycles. The number of rotatable bonds is 4. The Morgan fingerprint density at radius 2 is 2.25 bits per heavy atom. The molecule has 0 amide bonds. The van der Waals surface area contributed by atoms with Crippen LogP contribution in [0.3, 0.4) is 0 Å². The molecule has 1 aliphatic heterocycles. The SMILES string of the molecule is CCC[C@@H](O)[C@H]1O[C@@H](n2ccc(=O)[nH]c2=O)[C@H](F)[C@@H]1O. The molecule has 7 nitrogen and oxygen atoms in total. The highest BCUT2D eigenvalue weighted by Crippen LogP contribution is 2.33. The summed E-state index contributed by atoms with van der Waals surface area (Å²) in [7, 11) is 0. The zero-order valence-corrected chi connectivity index (χ0v) is 10.9. The molecule has 5 atom stereocenters. The van der Waals surface area contributed by atoms with Gasteiger partial charge in [0.15, 0.2) is 12.4 Å². The fourth-order valence-electron chi connectivity index (χ4n) is 2.29. The molecule has 8 heteroatoms. The van der Waals surface area contributed by atoms with Crippen LogP contribution < -0.4 is 11.2 Å². The van der Waals surface area contributed by atoms with Gasteiger partial charge in [-0.2, -0.15) is 0 Å². The average molecular weight is 288 g/mol. The van der Waals surface area contributed by atoms with Crippen molar-refractivity contribution in [2.75, 3.05) is 0 Å². The summed E-state index contributed by atoms with van der Waals surface area (Å²) in [5, 5.41) is 19.6. The van der Waals surface area contributed by atoms with Gasteiger partial charge in [0.05, 0.1) is 6.10 Å². The number of ether oxygens (including phenoxy) is 1. The summed E-state index contributed by atoms with van der Waals surface area (Å²) < 4.78 is 20.2. The number of hydrogen-bond donors (Lipinski definition) is 3. The fraction of sp³-hybridized carbons (Fsp3) is 0.667. The number of aliphatic hydroxyl groups excluding tert-OH is 2. The van der Waals surface area contributed by atoms with E-state index >= 15 is 0 Å². The Morgan fingerprint density at radius 1 is 1.55 bits per heavy atom. The molecular formula is C12H17FN2O5. The monoisotopic (exact) mass is 288 g/mol. The summed E-state index contributed by atoms with van der Waals surface area (Å²) >= 11 is 0. The molecule has 1 aromatic heterocycles. The first-order valence-corrected chi connectivity index (χ1v) is 6.42. The molecule has 0 saturated carbocycles. The van der Waals surface area contributed by atoms with E-state index in [9.17, 15) is 24.2 Å². The van der Waals surface area contributed by atoms with E-state index in [0.717, 1.165) is 16.8 Å². The molecule has 0 bridgehead atoms. The molecule has 1 aromatic rings. The number of aromatic nitrogens is 2. The van der Waals surface area contributed by atoms with Crippen molar-refractivity contribution < 1.29 is 19.3 Å². The lowest BCUT2D eigenvalue weighted by molar-refractivity contribution is -0.0863. The van der Waals surface area contributed by atoms with Crippen LogP contribution in [0, 0.1) is 0 Å². The summed E-state index contributed by atoms with van der Waals surface area (Å²) in [5.74, 6) is 0. The van der Waals surface area contributed by atoms with E-state index in [1.54, 1.807) is 0 Å². The van der Waals surface area contributed by atoms with E-state index in [1.807, 2.05) is 11.9 Å². The van der Waals surface area contributed by atoms with Crippen molar-refractivity contribution in [2.24, 2.45) is 0 Å². The summed E-state index contributed by atoms with van der Waals surface area (Å²) in [6.45, 7) is 1.83. The van der Waals surface area contributed by atoms with Crippen molar-refractivity contribution in [3.8, 4) is 0 Å². The Kier molecular flexibility index (Phi) is 4.36. The van der Waals surface area contributed by atoms with E-state index in [2.05, 4.69) is 0 Å². The van der Waals surface area contributed by atoms with Gasteiger partial charge in [0.2, 0.25) is 0 Å². The topological polar surface area (TPSA) is 105 Å². The van der Waals surface area contributed by atoms with E-state index in [1.165, 1.54) is 0 Å². The van der Waals surface area contributed by atoms with E-state index in [-0.39, 0.29) is 0 Å². The molecule has 2 rings (SSSR count). The molecule has 3 N–H and O–H groups in total. The molecule has 2 heterocycles. The molecule has 0 spiro atoms. The van der Waals surface area contributed by atoms with Gasteiger partial charge in [0.1, 0.15) is 12.2 Å². The molecule has 1 fully saturated rings. The van der Waals surface area contributed by atoms with Crippen molar-refractivity contribution in [1.82, 2.24) is 9.55 Å². The first kappa shape index (κ1) is 14.9. The number of nitrogens with one attached hydrogen (secondary N) is 1. The van der Waals surface area contributed by atoms with Gasteiger partial charge in [-0.25, -0.2) is 9.18 Å². The number of aromatic amines is 1. The van der Waals surface area contributed by atoms with Crippen LogP contribution in [0.25, 0.3) is 0 Å². The van der Waals surface area contributed by atoms with Gasteiger partial charge in [-0.1, -0.05) is 13.3 Å². The minimum absolute atomic E-state index is 0.349. The molecule has 1 saturated heterocycles. The molecule has 1 aliphatic rings. The van der Waals surface area contributed by atoms with Crippen molar-refractivity contribution in [3.05, 3.63) is 33.1 Å². The van der Waals surface area contributed by atoms with Gasteiger partial charge in [-0.15, -0.1) is 0 Å². The number of alkyl halides is 1. The minimum Gasteiger partial charge on any atom is -0.390 e. The predicted octanol–water partition coefficient (Wildman–Crippen LogP) is -0.706. The summed E-state index contributed by atoms with van der Waals surface area (Å²) in [5.41, 5.74) is -1.44. The standard InChI is InChI=1S/C12H17FN2O5/c1-2-3-6(16)10-9(18)8(13)11(20-10)15-5-4-7(17)14-12(15)19/h4-6,8-11,16,18H,2-3H2,1H3,(H,14,17,19)/t6-,8-,9+,10-,11-/m1/s1. The van der Waals surface area contributed by atoms with Crippen LogP contribution >= 0.6 is 0 Å². The Morgan fingerprint density at radius 3 is 2.85 bits per heavy atom. The van der Waals surface area contributed by atoms with Gasteiger partial charge in [0, 0.05) is 12.3 Å². The third kappa shape index (κ3) is 2.67. The summed E-state index contributed by atoms with van der Waals surface area (Å²) in [6.07, 6.45) is -4.79. The first-order valence-electron chi connectivity index (χ1n) is 6.42. The molecular weight excluding hydrogens is 271 g/mol. The lowest BCUT2D eigenvalue weighted by atomic mass is 10.0.